The van der Waals surface area contributed by atoms with Gasteiger partial charge in [-0.3, -0.25) is 9.69 Å². The Morgan fingerprint density at radius 3 is 2.81 bits per heavy atom. The molecule has 1 rings (SSSR count). The lowest BCUT2D eigenvalue weighted by molar-refractivity contribution is -0.129. The maximum Gasteiger partial charge on any atom is 0.219 e. The molecule has 94 valence electrons. The number of likely N-dealkylation sites (tertiary alicyclic amines) is 1. The molecule has 4 nitrogen and oxygen atoms in total. The molecule has 4 heteroatoms. The molecule has 0 radical (unpaired) electrons. The quantitative estimate of drug-likeness (QED) is 0.753. The van der Waals surface area contributed by atoms with Gasteiger partial charge in [-0.05, 0) is 26.3 Å². The highest BCUT2D eigenvalue weighted by Crippen LogP contribution is 2.17. The molecule has 0 bridgehead atoms. The summed E-state index contributed by atoms with van der Waals surface area (Å²) in [5.41, 5.74) is 0. The molecule has 0 aromatic rings. The first kappa shape index (κ1) is 13.5. The monoisotopic (exact) mass is 228 g/mol. The minimum atomic E-state index is 0.150. The van der Waals surface area contributed by atoms with E-state index in [-0.39, 0.29) is 12.5 Å². The van der Waals surface area contributed by atoms with Crippen molar-refractivity contribution in [1.82, 2.24) is 9.80 Å². The van der Waals surface area contributed by atoms with E-state index in [4.69, 9.17) is 5.11 Å². The second kappa shape index (κ2) is 6.86. The van der Waals surface area contributed by atoms with E-state index in [1.807, 2.05) is 11.8 Å². The fraction of sp³-hybridized carbons (Fsp3) is 0.917. The van der Waals surface area contributed by atoms with E-state index in [0.717, 1.165) is 32.6 Å². The van der Waals surface area contributed by atoms with Crippen LogP contribution in [0.1, 0.15) is 33.1 Å². The number of nitrogens with zero attached hydrogens (tertiary/aromatic N) is 2. The molecule has 1 atom stereocenters. The van der Waals surface area contributed by atoms with Crippen LogP contribution in [0.15, 0.2) is 0 Å². The molecular formula is C12H24N2O2. The van der Waals surface area contributed by atoms with Crippen LogP contribution in [0.3, 0.4) is 0 Å². The van der Waals surface area contributed by atoms with E-state index in [2.05, 4.69) is 4.90 Å². The fourth-order valence-electron chi connectivity index (χ4n) is 2.42. The van der Waals surface area contributed by atoms with Crippen molar-refractivity contribution in [2.24, 2.45) is 0 Å². The van der Waals surface area contributed by atoms with Crippen LogP contribution < -0.4 is 0 Å². The van der Waals surface area contributed by atoms with E-state index >= 15 is 0 Å². The van der Waals surface area contributed by atoms with Gasteiger partial charge in [0, 0.05) is 32.6 Å². The Balaban J connectivity index is 2.50. The van der Waals surface area contributed by atoms with E-state index in [1.165, 1.54) is 12.8 Å². The first-order chi connectivity index (χ1) is 7.69. The van der Waals surface area contributed by atoms with Crippen LogP contribution in [0.4, 0.5) is 0 Å². The Morgan fingerprint density at radius 1 is 1.50 bits per heavy atom. The number of hydrogen-bond donors (Lipinski definition) is 1. The average molecular weight is 228 g/mol. The number of likely N-dealkylation sites (N-methyl/N-ethyl adjacent to an activating group) is 1. The zero-order chi connectivity index (χ0) is 12.0. The van der Waals surface area contributed by atoms with Crippen molar-refractivity contribution in [2.75, 3.05) is 32.8 Å². The van der Waals surface area contributed by atoms with Crippen molar-refractivity contribution in [3.63, 3.8) is 0 Å². The van der Waals surface area contributed by atoms with Crippen molar-refractivity contribution in [2.45, 2.75) is 39.2 Å². The standard InChI is InChI=1S/C12H24N2O2/c1-3-13(11(2)16)10-12-6-4-5-7-14(12)8-9-15/h12,15H,3-10H2,1-2H3/t12-/m1/s1. The first-order valence-corrected chi connectivity index (χ1v) is 6.29. The molecular weight excluding hydrogens is 204 g/mol. The summed E-state index contributed by atoms with van der Waals surface area (Å²) < 4.78 is 0. The summed E-state index contributed by atoms with van der Waals surface area (Å²) in [6, 6.07) is 0.435. The zero-order valence-electron chi connectivity index (χ0n) is 10.5. The topological polar surface area (TPSA) is 43.8 Å². The van der Waals surface area contributed by atoms with Gasteiger partial charge in [0.2, 0.25) is 5.91 Å². The highest BCUT2D eigenvalue weighted by atomic mass is 16.3. The number of aliphatic hydroxyl groups excluding tert-OH is 1. The molecule has 0 aromatic carbocycles. The van der Waals surface area contributed by atoms with Gasteiger partial charge in [-0.1, -0.05) is 6.42 Å². The summed E-state index contributed by atoms with van der Waals surface area (Å²) in [7, 11) is 0. The van der Waals surface area contributed by atoms with Gasteiger partial charge in [0.05, 0.1) is 6.61 Å². The molecule has 16 heavy (non-hydrogen) atoms. The smallest absolute Gasteiger partial charge is 0.219 e. The third-order valence-electron chi connectivity index (χ3n) is 3.39. The third kappa shape index (κ3) is 3.76. The summed E-state index contributed by atoms with van der Waals surface area (Å²) in [5, 5.41) is 9.01. The Morgan fingerprint density at radius 2 is 2.25 bits per heavy atom. The summed E-state index contributed by atoms with van der Waals surface area (Å²) in [4.78, 5) is 15.6. The predicted octanol–water partition coefficient (Wildman–Crippen LogP) is 0.702. The van der Waals surface area contributed by atoms with Crippen LogP contribution in [0.25, 0.3) is 0 Å². The van der Waals surface area contributed by atoms with Crippen LogP contribution in [0, 0.1) is 0 Å². The van der Waals surface area contributed by atoms with Gasteiger partial charge in [0.25, 0.3) is 0 Å². The molecule has 1 heterocycles. The number of piperidine rings is 1. The SMILES string of the molecule is CCN(C[C@H]1CCCCN1CCO)C(C)=O. The lowest BCUT2D eigenvalue weighted by atomic mass is 10.0. The number of hydrogen-bond acceptors (Lipinski definition) is 3. The van der Waals surface area contributed by atoms with Gasteiger partial charge in [0.1, 0.15) is 0 Å². The second-order valence-electron chi connectivity index (χ2n) is 4.47. The van der Waals surface area contributed by atoms with Gasteiger partial charge >= 0.3 is 0 Å². The number of carbonyl (C=O) groups excluding carboxylic acids is 1. The number of rotatable bonds is 5. The molecule has 1 N–H and O–H groups in total. The largest absolute Gasteiger partial charge is 0.395 e. The minimum absolute atomic E-state index is 0.150. The van der Waals surface area contributed by atoms with Crippen LogP contribution in [0.2, 0.25) is 0 Å². The van der Waals surface area contributed by atoms with Crippen LogP contribution in [-0.2, 0) is 4.79 Å². The summed E-state index contributed by atoms with van der Waals surface area (Å²) in [5.74, 6) is 0.150. The van der Waals surface area contributed by atoms with Crippen molar-refractivity contribution in [1.29, 1.82) is 0 Å². The van der Waals surface area contributed by atoms with E-state index in [0.29, 0.717) is 6.04 Å². The lowest BCUT2D eigenvalue weighted by Gasteiger charge is -2.38. The van der Waals surface area contributed by atoms with Crippen LogP contribution in [-0.4, -0.2) is 59.6 Å². The Bertz CT molecular complexity index is 219. The van der Waals surface area contributed by atoms with E-state index in [1.54, 1.807) is 6.92 Å². The summed E-state index contributed by atoms with van der Waals surface area (Å²) >= 11 is 0. The summed E-state index contributed by atoms with van der Waals surface area (Å²) in [6.45, 7) is 7.23. The predicted molar refractivity (Wildman–Crippen MR) is 64.2 cm³/mol. The minimum Gasteiger partial charge on any atom is -0.395 e. The van der Waals surface area contributed by atoms with Crippen LogP contribution in [0.5, 0.6) is 0 Å². The maximum atomic E-state index is 11.4. The molecule has 0 unspecified atom stereocenters. The third-order valence-corrected chi connectivity index (χ3v) is 3.39. The Labute approximate surface area is 98.2 Å². The van der Waals surface area contributed by atoms with Gasteiger partial charge in [0.15, 0.2) is 0 Å². The number of aliphatic hydroxyl groups is 1. The molecule has 1 fully saturated rings. The molecule has 1 saturated heterocycles. The molecule has 0 saturated carbocycles. The van der Waals surface area contributed by atoms with E-state index < -0.39 is 0 Å². The molecule has 1 aliphatic rings. The highest BCUT2D eigenvalue weighted by Gasteiger charge is 2.24. The molecule has 1 aliphatic heterocycles. The van der Waals surface area contributed by atoms with Gasteiger partial charge in [-0.25, -0.2) is 0 Å². The maximum absolute atomic E-state index is 11.4. The van der Waals surface area contributed by atoms with Gasteiger partial charge in [-0.15, -0.1) is 0 Å². The highest BCUT2D eigenvalue weighted by molar-refractivity contribution is 5.73. The van der Waals surface area contributed by atoms with Crippen molar-refractivity contribution in [3.8, 4) is 0 Å². The van der Waals surface area contributed by atoms with Crippen molar-refractivity contribution >= 4 is 5.91 Å². The number of amides is 1. The molecule has 0 aromatic heterocycles. The average Bonchev–Trinajstić information content (AvgIpc) is 2.27. The first-order valence-electron chi connectivity index (χ1n) is 6.29. The molecule has 0 aliphatic carbocycles. The Kier molecular flexibility index (Phi) is 5.77. The lowest BCUT2D eigenvalue weighted by Crippen LogP contribution is -2.48. The number of β-amino-alcohol motifs (C(OH)–C–C–N with tert-alkyl or cyclic N) is 1. The van der Waals surface area contributed by atoms with Crippen molar-refractivity contribution < 1.29 is 9.90 Å². The van der Waals surface area contributed by atoms with Gasteiger partial charge < -0.3 is 10.0 Å². The normalized spacial score (nSPS) is 22.1. The fourth-order valence-corrected chi connectivity index (χ4v) is 2.42. The van der Waals surface area contributed by atoms with Gasteiger partial charge in [-0.2, -0.15) is 0 Å². The second-order valence-corrected chi connectivity index (χ2v) is 4.47. The number of carbonyl (C=O) groups is 1. The summed E-state index contributed by atoms with van der Waals surface area (Å²) in [6.07, 6.45) is 3.59. The molecule has 1 amide bonds. The Hall–Kier alpha value is -0.610. The van der Waals surface area contributed by atoms with E-state index in [9.17, 15) is 4.79 Å². The van der Waals surface area contributed by atoms with Crippen molar-refractivity contribution in [3.05, 3.63) is 0 Å². The molecule has 0 spiro atoms. The zero-order valence-corrected chi connectivity index (χ0v) is 10.5. The van der Waals surface area contributed by atoms with Crippen LogP contribution >= 0.6 is 0 Å².